The number of rotatable bonds is 4. The Labute approximate surface area is 131 Å². The summed E-state index contributed by atoms with van der Waals surface area (Å²) in [5.74, 6) is 0. The van der Waals surface area contributed by atoms with E-state index in [9.17, 15) is 4.79 Å². The lowest BCUT2D eigenvalue weighted by molar-refractivity contribution is -0.0527. The van der Waals surface area contributed by atoms with Crippen LogP contribution in [0.25, 0.3) is 0 Å². The lowest BCUT2D eigenvalue weighted by atomic mass is 10.1. The van der Waals surface area contributed by atoms with Gasteiger partial charge in [-0.2, -0.15) is 5.10 Å². The highest BCUT2D eigenvalue weighted by Crippen LogP contribution is 2.14. The van der Waals surface area contributed by atoms with Crippen LogP contribution in [-0.2, 0) is 16.0 Å². The molecule has 0 aromatic carbocycles. The van der Waals surface area contributed by atoms with Gasteiger partial charge in [-0.1, -0.05) is 0 Å². The second kappa shape index (κ2) is 7.11. The summed E-state index contributed by atoms with van der Waals surface area (Å²) in [5.41, 5.74) is 0.543. The Morgan fingerprint density at radius 2 is 2.41 bits per heavy atom. The van der Waals surface area contributed by atoms with Crippen molar-refractivity contribution in [1.82, 2.24) is 20.4 Å². The molecule has 1 saturated heterocycles. The van der Waals surface area contributed by atoms with Crippen molar-refractivity contribution in [2.24, 2.45) is 0 Å². The summed E-state index contributed by atoms with van der Waals surface area (Å²) >= 11 is 0. The lowest BCUT2D eigenvalue weighted by Crippen LogP contribution is -2.53. The van der Waals surface area contributed by atoms with E-state index in [1.165, 1.54) is 0 Å². The summed E-state index contributed by atoms with van der Waals surface area (Å²) in [6, 6.07) is 2.04. The molecule has 2 heterocycles. The van der Waals surface area contributed by atoms with Gasteiger partial charge in [-0.25, -0.2) is 4.79 Å². The molecular weight excluding hydrogens is 284 g/mol. The number of morpholine rings is 1. The predicted octanol–water partition coefficient (Wildman–Crippen LogP) is 1.52. The maximum Gasteiger partial charge on any atom is 0.410 e. The molecule has 0 saturated carbocycles. The number of hydrogen-bond donors (Lipinski definition) is 2. The lowest BCUT2D eigenvalue weighted by Gasteiger charge is -2.36. The molecule has 0 radical (unpaired) electrons. The number of carbonyl (C=O) groups is 1. The van der Waals surface area contributed by atoms with Gasteiger partial charge in [0.25, 0.3) is 0 Å². The first-order valence-electron chi connectivity index (χ1n) is 7.66. The number of hydrogen-bond acceptors (Lipinski definition) is 5. The number of H-pyrrole nitrogens is 1. The molecule has 2 unspecified atom stereocenters. The minimum absolute atomic E-state index is 0.0517. The summed E-state index contributed by atoms with van der Waals surface area (Å²) in [6.07, 6.45) is 1.40. The quantitative estimate of drug-likeness (QED) is 0.881. The maximum atomic E-state index is 12.1. The zero-order valence-electron chi connectivity index (χ0n) is 13.8. The standard InChI is InChI=1S/C15H26N4O3/c1-11(16-9-12-5-6-17-18-12)13-10-19(7-8-21-13)14(20)22-15(2,3)4/h5-6,11,13,16H,7-10H2,1-4H3,(H,17,18). The number of aromatic nitrogens is 2. The van der Waals surface area contributed by atoms with Crippen LogP contribution in [0.5, 0.6) is 0 Å². The van der Waals surface area contributed by atoms with Crippen LogP contribution in [0, 0.1) is 0 Å². The summed E-state index contributed by atoms with van der Waals surface area (Å²) in [6.45, 7) is 9.99. The van der Waals surface area contributed by atoms with Gasteiger partial charge in [-0.15, -0.1) is 0 Å². The molecular formula is C15H26N4O3. The highest BCUT2D eigenvalue weighted by atomic mass is 16.6. The van der Waals surface area contributed by atoms with Crippen LogP contribution in [0.4, 0.5) is 4.79 Å². The van der Waals surface area contributed by atoms with Crippen LogP contribution in [0.1, 0.15) is 33.4 Å². The number of carbonyl (C=O) groups excluding carboxylic acids is 1. The van der Waals surface area contributed by atoms with Crippen molar-refractivity contribution < 1.29 is 14.3 Å². The minimum atomic E-state index is -0.477. The summed E-state index contributed by atoms with van der Waals surface area (Å²) in [5, 5.41) is 10.2. The molecule has 1 aliphatic rings. The van der Waals surface area contributed by atoms with Crippen molar-refractivity contribution >= 4 is 6.09 Å². The summed E-state index contributed by atoms with van der Waals surface area (Å²) in [4.78, 5) is 13.9. The van der Waals surface area contributed by atoms with E-state index in [1.807, 2.05) is 26.8 Å². The van der Waals surface area contributed by atoms with Gasteiger partial charge in [0.2, 0.25) is 0 Å². The van der Waals surface area contributed by atoms with Crippen LogP contribution >= 0.6 is 0 Å². The van der Waals surface area contributed by atoms with E-state index in [1.54, 1.807) is 11.1 Å². The molecule has 1 aromatic heterocycles. The van der Waals surface area contributed by atoms with Crippen molar-refractivity contribution in [2.45, 2.75) is 52.0 Å². The van der Waals surface area contributed by atoms with E-state index in [0.29, 0.717) is 26.2 Å². The van der Waals surface area contributed by atoms with Crippen LogP contribution in [-0.4, -0.2) is 58.6 Å². The van der Waals surface area contributed by atoms with Gasteiger partial charge in [-0.05, 0) is 33.8 Å². The molecule has 22 heavy (non-hydrogen) atoms. The zero-order valence-corrected chi connectivity index (χ0v) is 13.8. The Hall–Kier alpha value is -1.60. The van der Waals surface area contributed by atoms with Crippen LogP contribution < -0.4 is 5.32 Å². The van der Waals surface area contributed by atoms with Crippen molar-refractivity contribution in [3.8, 4) is 0 Å². The maximum absolute atomic E-state index is 12.1. The van der Waals surface area contributed by atoms with Gasteiger partial charge in [0.15, 0.2) is 0 Å². The topological polar surface area (TPSA) is 79.5 Å². The predicted molar refractivity (Wildman–Crippen MR) is 82.4 cm³/mol. The van der Waals surface area contributed by atoms with E-state index in [0.717, 1.165) is 5.69 Å². The molecule has 0 bridgehead atoms. The Kier molecular flexibility index (Phi) is 5.42. The molecule has 2 N–H and O–H groups in total. The summed E-state index contributed by atoms with van der Waals surface area (Å²) < 4.78 is 11.2. The van der Waals surface area contributed by atoms with Gasteiger partial charge in [-0.3, -0.25) is 5.10 Å². The van der Waals surface area contributed by atoms with E-state index in [4.69, 9.17) is 9.47 Å². The van der Waals surface area contributed by atoms with Gasteiger partial charge >= 0.3 is 6.09 Å². The van der Waals surface area contributed by atoms with E-state index < -0.39 is 5.60 Å². The first-order valence-corrected chi connectivity index (χ1v) is 7.66. The zero-order chi connectivity index (χ0) is 16.2. The van der Waals surface area contributed by atoms with Gasteiger partial charge in [0.05, 0.1) is 19.3 Å². The van der Waals surface area contributed by atoms with Gasteiger partial charge in [0, 0.05) is 31.0 Å². The Balaban J connectivity index is 1.82. The number of nitrogens with zero attached hydrogens (tertiary/aromatic N) is 2. The number of aromatic amines is 1. The molecule has 7 heteroatoms. The first kappa shape index (κ1) is 16.8. The molecule has 1 amide bonds. The molecule has 0 aliphatic carbocycles. The third kappa shape index (κ3) is 4.99. The van der Waals surface area contributed by atoms with Gasteiger partial charge in [0.1, 0.15) is 5.60 Å². The van der Waals surface area contributed by atoms with Crippen molar-refractivity contribution in [3.05, 3.63) is 18.0 Å². The largest absolute Gasteiger partial charge is 0.444 e. The van der Waals surface area contributed by atoms with Crippen LogP contribution in [0.15, 0.2) is 12.3 Å². The Morgan fingerprint density at radius 3 is 3.05 bits per heavy atom. The first-order chi connectivity index (χ1) is 10.3. The van der Waals surface area contributed by atoms with Crippen LogP contribution in [0.2, 0.25) is 0 Å². The molecule has 1 aliphatic heterocycles. The van der Waals surface area contributed by atoms with Crippen LogP contribution in [0.3, 0.4) is 0 Å². The highest BCUT2D eigenvalue weighted by molar-refractivity contribution is 5.68. The fourth-order valence-corrected chi connectivity index (χ4v) is 2.26. The SMILES string of the molecule is CC(NCc1ccn[nH]1)C1CN(C(=O)OC(C)(C)C)CCO1. The fourth-order valence-electron chi connectivity index (χ4n) is 2.26. The average Bonchev–Trinajstić information content (AvgIpc) is 2.96. The molecule has 1 fully saturated rings. The number of nitrogens with one attached hydrogen (secondary N) is 2. The summed E-state index contributed by atoms with van der Waals surface area (Å²) in [7, 11) is 0. The molecule has 2 rings (SSSR count). The number of amides is 1. The molecule has 2 atom stereocenters. The van der Waals surface area contributed by atoms with E-state index in [2.05, 4.69) is 22.4 Å². The third-order valence-electron chi connectivity index (χ3n) is 3.48. The molecule has 0 spiro atoms. The Bertz CT molecular complexity index is 470. The molecule has 124 valence electrons. The third-order valence-corrected chi connectivity index (χ3v) is 3.48. The van der Waals surface area contributed by atoms with Crippen molar-refractivity contribution in [3.63, 3.8) is 0 Å². The normalized spacial score (nSPS) is 20.7. The van der Waals surface area contributed by atoms with Crippen molar-refractivity contribution in [2.75, 3.05) is 19.7 Å². The fraction of sp³-hybridized carbons (Fsp3) is 0.733. The molecule has 1 aromatic rings. The van der Waals surface area contributed by atoms with Gasteiger partial charge < -0.3 is 19.7 Å². The monoisotopic (exact) mass is 310 g/mol. The highest BCUT2D eigenvalue weighted by Gasteiger charge is 2.30. The second-order valence-electron chi connectivity index (χ2n) is 6.59. The average molecular weight is 310 g/mol. The second-order valence-corrected chi connectivity index (χ2v) is 6.59. The Morgan fingerprint density at radius 1 is 1.64 bits per heavy atom. The minimum Gasteiger partial charge on any atom is -0.444 e. The molecule has 7 nitrogen and oxygen atoms in total. The van der Waals surface area contributed by atoms with E-state index in [-0.39, 0.29) is 18.2 Å². The van der Waals surface area contributed by atoms with E-state index >= 15 is 0 Å². The smallest absolute Gasteiger partial charge is 0.410 e. The van der Waals surface area contributed by atoms with Crippen molar-refractivity contribution in [1.29, 1.82) is 0 Å². The number of ether oxygens (including phenoxy) is 2.